The first-order chi connectivity index (χ1) is 12.9. The molecule has 4 aromatic carbocycles. The van der Waals surface area contributed by atoms with Crippen molar-refractivity contribution in [1.29, 1.82) is 0 Å². The molecule has 26 heavy (non-hydrogen) atoms. The van der Waals surface area contributed by atoms with E-state index >= 15 is 0 Å². The summed E-state index contributed by atoms with van der Waals surface area (Å²) in [5.74, 6) is 0. The normalized spacial score (nSPS) is 12.8. The second-order valence-electron chi connectivity index (χ2n) is 6.95. The summed E-state index contributed by atoms with van der Waals surface area (Å²) in [6, 6.07) is 40.3. The zero-order valence-corrected chi connectivity index (χ0v) is 15.7. The molecule has 5 rings (SSSR count). The predicted octanol–water partition coefficient (Wildman–Crippen LogP) is 4.38. The van der Waals surface area contributed by atoms with E-state index in [0.29, 0.717) is 5.54 Å². The number of fused-ring (bicyclic) bond motifs is 3. The number of benzene rings is 4. The van der Waals surface area contributed by atoms with Crippen molar-refractivity contribution in [3.63, 3.8) is 0 Å². The molecule has 0 aromatic heterocycles. The Morgan fingerprint density at radius 1 is 0.423 bits per heavy atom. The molecule has 0 radical (unpaired) electrons. The first-order valence-electron chi connectivity index (χ1n) is 9.21. The summed E-state index contributed by atoms with van der Waals surface area (Å²) in [7, 11) is -1.48. The zero-order chi connectivity index (χ0) is 17.3. The van der Waals surface area contributed by atoms with Gasteiger partial charge in [-0.2, -0.15) is 0 Å². The number of hydrogen-bond acceptors (Lipinski definition) is 0. The van der Waals surface area contributed by atoms with E-state index in [9.17, 15) is 0 Å². The van der Waals surface area contributed by atoms with Gasteiger partial charge in [0.05, 0.1) is 0 Å². The lowest BCUT2D eigenvalue weighted by Crippen LogP contribution is -2.47. The summed E-state index contributed by atoms with van der Waals surface area (Å²) in [6.07, 6.45) is 0. The van der Waals surface area contributed by atoms with Crippen molar-refractivity contribution >= 4 is 19.2 Å². The van der Waals surface area contributed by atoms with Gasteiger partial charge in [-0.15, -0.1) is 0 Å². The summed E-state index contributed by atoms with van der Waals surface area (Å²) in [5.41, 5.74) is 6.30. The minimum Gasteiger partial charge on any atom is -0.0629 e. The van der Waals surface area contributed by atoms with Gasteiger partial charge in [0.2, 0.25) is 0 Å². The quantitative estimate of drug-likeness (QED) is 0.482. The average Bonchev–Trinajstić information content (AvgIpc) is 3.05. The Morgan fingerprint density at radius 3 is 1.27 bits per heavy atom. The maximum absolute atomic E-state index is 2.34. The molecule has 0 unspecified atom stereocenters. The molecule has 0 nitrogen and oxygen atoms in total. The van der Waals surface area contributed by atoms with Crippen LogP contribution in [-0.4, -0.2) is 8.80 Å². The molecule has 0 saturated heterocycles. The lowest BCUT2D eigenvalue weighted by atomic mass is 10.1. The Morgan fingerprint density at radius 2 is 0.808 bits per heavy atom. The molecule has 0 N–H and O–H groups in total. The van der Waals surface area contributed by atoms with E-state index in [1.165, 1.54) is 32.6 Å². The lowest BCUT2D eigenvalue weighted by molar-refractivity contribution is 1.17. The topological polar surface area (TPSA) is 0 Å². The third-order valence-electron chi connectivity index (χ3n) is 5.53. The molecule has 1 aliphatic rings. The fourth-order valence-corrected chi connectivity index (χ4v) is 8.18. The molecule has 0 bridgehead atoms. The summed E-state index contributed by atoms with van der Waals surface area (Å²) < 4.78 is 0. The van der Waals surface area contributed by atoms with Crippen LogP contribution >= 0.6 is 0 Å². The third kappa shape index (κ3) is 2.44. The Kier molecular flexibility index (Phi) is 3.80. The minimum atomic E-state index is -1.48. The second-order valence-corrected chi connectivity index (χ2v) is 9.91. The maximum Gasteiger partial charge on any atom is 0.114 e. The van der Waals surface area contributed by atoms with Crippen molar-refractivity contribution in [2.24, 2.45) is 0 Å². The average molecular weight is 349 g/mol. The van der Waals surface area contributed by atoms with Gasteiger partial charge in [-0.05, 0) is 22.3 Å². The highest BCUT2D eigenvalue weighted by atomic mass is 28.3. The molecule has 0 heterocycles. The van der Waals surface area contributed by atoms with Gasteiger partial charge >= 0.3 is 0 Å². The highest BCUT2D eigenvalue weighted by molar-refractivity contribution is 6.87. The molecule has 124 valence electrons. The van der Waals surface area contributed by atoms with Crippen molar-refractivity contribution in [3.05, 3.63) is 120 Å². The molecule has 0 atom stereocenters. The van der Waals surface area contributed by atoms with Gasteiger partial charge in [-0.1, -0.05) is 120 Å². The van der Waals surface area contributed by atoms with Gasteiger partial charge in [0.15, 0.2) is 0 Å². The summed E-state index contributed by atoms with van der Waals surface area (Å²) in [6.45, 7) is 0. The van der Waals surface area contributed by atoms with Crippen LogP contribution < -0.4 is 10.4 Å². The second kappa shape index (κ2) is 6.43. The predicted molar refractivity (Wildman–Crippen MR) is 113 cm³/mol. The largest absolute Gasteiger partial charge is 0.114 e. The first kappa shape index (κ1) is 15.4. The lowest BCUT2D eigenvalue weighted by Gasteiger charge is -2.25. The van der Waals surface area contributed by atoms with Gasteiger partial charge in [0, 0.05) is 5.54 Å². The minimum absolute atomic E-state index is 0.479. The van der Waals surface area contributed by atoms with E-state index in [2.05, 4.69) is 109 Å². The monoisotopic (exact) mass is 348 g/mol. The Balaban J connectivity index is 1.77. The SMILES string of the molecule is c1ccc([SiH](c2ccccc2)C2c3ccccc3-c3ccccc32)cc1. The fraction of sp³-hybridized carbons (Fsp3) is 0.0400. The molecular weight excluding hydrogens is 328 g/mol. The Hall–Kier alpha value is -2.90. The molecular formula is C25H20Si. The van der Waals surface area contributed by atoms with Crippen LogP contribution in [-0.2, 0) is 0 Å². The number of hydrogen-bond donors (Lipinski definition) is 0. The van der Waals surface area contributed by atoms with E-state index in [4.69, 9.17) is 0 Å². The molecule has 0 saturated carbocycles. The highest BCUT2D eigenvalue weighted by Crippen LogP contribution is 2.45. The van der Waals surface area contributed by atoms with Gasteiger partial charge < -0.3 is 0 Å². The fourth-order valence-electron chi connectivity index (χ4n) is 4.45. The van der Waals surface area contributed by atoms with Crippen molar-refractivity contribution in [2.75, 3.05) is 0 Å². The van der Waals surface area contributed by atoms with Gasteiger partial charge in [-0.25, -0.2) is 0 Å². The van der Waals surface area contributed by atoms with Crippen LogP contribution in [0.25, 0.3) is 11.1 Å². The van der Waals surface area contributed by atoms with Crippen molar-refractivity contribution < 1.29 is 0 Å². The van der Waals surface area contributed by atoms with Crippen LogP contribution in [0.4, 0.5) is 0 Å². The van der Waals surface area contributed by atoms with Crippen LogP contribution in [0.5, 0.6) is 0 Å². The summed E-state index contributed by atoms with van der Waals surface area (Å²) in [5, 5.41) is 3.02. The first-order valence-corrected chi connectivity index (χ1v) is 11.0. The Bertz CT molecular complexity index is 953. The van der Waals surface area contributed by atoms with Crippen LogP contribution in [0.2, 0.25) is 0 Å². The molecule has 4 aromatic rings. The summed E-state index contributed by atoms with van der Waals surface area (Å²) in [4.78, 5) is 0. The van der Waals surface area contributed by atoms with Gasteiger partial charge in [0.25, 0.3) is 0 Å². The Labute approximate surface area is 156 Å². The van der Waals surface area contributed by atoms with Crippen LogP contribution in [0.15, 0.2) is 109 Å². The van der Waals surface area contributed by atoms with E-state index < -0.39 is 8.80 Å². The van der Waals surface area contributed by atoms with Gasteiger partial charge in [0.1, 0.15) is 8.80 Å². The smallest absolute Gasteiger partial charge is 0.0629 e. The van der Waals surface area contributed by atoms with E-state index in [0.717, 1.165) is 0 Å². The molecule has 0 amide bonds. The molecule has 0 fully saturated rings. The molecule has 0 aliphatic heterocycles. The van der Waals surface area contributed by atoms with Crippen molar-refractivity contribution in [3.8, 4) is 11.1 Å². The standard InChI is InChI=1S/C25H20Si/c1-3-11-19(12-4-1)26(20-13-5-2-6-14-20)25-23-17-9-7-15-21(23)22-16-8-10-18-24(22)25/h1-18,25-26H. The zero-order valence-electron chi connectivity index (χ0n) is 14.5. The van der Waals surface area contributed by atoms with Crippen LogP contribution in [0.3, 0.4) is 0 Å². The number of rotatable bonds is 3. The molecule has 0 spiro atoms. The molecule has 1 aliphatic carbocycles. The van der Waals surface area contributed by atoms with Crippen molar-refractivity contribution in [2.45, 2.75) is 5.54 Å². The van der Waals surface area contributed by atoms with E-state index in [1.807, 2.05) is 0 Å². The third-order valence-corrected chi connectivity index (χ3v) is 9.12. The maximum atomic E-state index is 2.34. The van der Waals surface area contributed by atoms with E-state index in [-0.39, 0.29) is 0 Å². The van der Waals surface area contributed by atoms with Crippen LogP contribution in [0.1, 0.15) is 16.7 Å². The summed E-state index contributed by atoms with van der Waals surface area (Å²) >= 11 is 0. The van der Waals surface area contributed by atoms with Crippen LogP contribution in [0, 0.1) is 0 Å². The highest BCUT2D eigenvalue weighted by Gasteiger charge is 2.36. The molecule has 1 heteroatoms. The van der Waals surface area contributed by atoms with Crippen molar-refractivity contribution in [1.82, 2.24) is 0 Å². The van der Waals surface area contributed by atoms with Gasteiger partial charge in [-0.3, -0.25) is 0 Å². The van der Waals surface area contributed by atoms with E-state index in [1.54, 1.807) is 0 Å².